The quantitative estimate of drug-likeness (QED) is 0.500. The molecule has 0 radical (unpaired) electrons. The third kappa shape index (κ3) is 4.33. The minimum Gasteiger partial charge on any atom is -0.356 e. The number of pyridine rings is 1. The zero-order valence-corrected chi connectivity index (χ0v) is 14.8. The average molecular weight is 350 g/mol. The summed E-state index contributed by atoms with van der Waals surface area (Å²) in [5.74, 6) is 0.808. The van der Waals surface area contributed by atoms with E-state index in [4.69, 9.17) is 0 Å². The molecule has 2 heterocycles. The lowest BCUT2D eigenvalue weighted by Crippen LogP contribution is -2.25. The molecule has 0 spiro atoms. The Morgan fingerprint density at radius 3 is 2.77 bits per heavy atom. The Kier molecular flexibility index (Phi) is 5.73. The summed E-state index contributed by atoms with van der Waals surface area (Å²) in [5, 5.41) is 2.88. The Balaban J connectivity index is 1.41. The van der Waals surface area contributed by atoms with E-state index in [1.165, 1.54) is 6.20 Å². The van der Waals surface area contributed by atoms with Crippen LogP contribution < -0.4 is 5.32 Å². The molecule has 6 heteroatoms. The van der Waals surface area contributed by atoms with Gasteiger partial charge in [-0.3, -0.25) is 14.6 Å². The number of aryl methyl sites for hydroxylation is 2. The van der Waals surface area contributed by atoms with Gasteiger partial charge < -0.3 is 9.88 Å². The minimum absolute atomic E-state index is 0.0613. The maximum Gasteiger partial charge on any atom is 0.220 e. The number of Topliss-reactive ketones (excluding diaryl/α,β-unsaturated/α-hetero) is 1. The number of aromatic nitrogens is 3. The van der Waals surface area contributed by atoms with Crippen molar-refractivity contribution >= 4 is 22.7 Å². The highest BCUT2D eigenvalue weighted by molar-refractivity contribution is 5.97. The first-order valence-corrected chi connectivity index (χ1v) is 8.77. The summed E-state index contributed by atoms with van der Waals surface area (Å²) >= 11 is 0. The van der Waals surface area contributed by atoms with Crippen LogP contribution in [-0.2, 0) is 11.3 Å². The molecule has 0 aliphatic heterocycles. The van der Waals surface area contributed by atoms with Crippen LogP contribution in [0.5, 0.6) is 0 Å². The highest BCUT2D eigenvalue weighted by atomic mass is 16.2. The van der Waals surface area contributed by atoms with E-state index in [0.29, 0.717) is 12.1 Å². The molecule has 26 heavy (non-hydrogen) atoms. The first-order chi connectivity index (χ1) is 12.6. The predicted molar refractivity (Wildman–Crippen MR) is 99.9 cm³/mol. The predicted octanol–water partition coefficient (Wildman–Crippen LogP) is 2.91. The largest absolute Gasteiger partial charge is 0.356 e. The van der Waals surface area contributed by atoms with Crippen LogP contribution in [-0.4, -0.2) is 32.8 Å². The molecule has 0 atom stereocenters. The molecule has 1 amide bonds. The number of hydrogen-bond acceptors (Lipinski definition) is 4. The normalized spacial score (nSPS) is 10.8. The van der Waals surface area contributed by atoms with E-state index < -0.39 is 0 Å². The van der Waals surface area contributed by atoms with Crippen LogP contribution in [0.2, 0.25) is 0 Å². The maximum atomic E-state index is 12.0. The second-order valence-electron chi connectivity index (χ2n) is 6.17. The van der Waals surface area contributed by atoms with E-state index in [0.717, 1.165) is 29.8 Å². The van der Waals surface area contributed by atoms with Crippen LogP contribution >= 0.6 is 0 Å². The molecule has 3 aromatic rings. The number of nitrogens with zero attached hydrogens (tertiary/aromatic N) is 3. The van der Waals surface area contributed by atoms with E-state index in [1.54, 1.807) is 18.3 Å². The number of ketones is 1. The molecule has 0 saturated carbocycles. The van der Waals surface area contributed by atoms with E-state index >= 15 is 0 Å². The third-order valence-corrected chi connectivity index (χ3v) is 4.29. The second-order valence-corrected chi connectivity index (χ2v) is 6.17. The molecule has 1 aromatic carbocycles. The van der Waals surface area contributed by atoms with Gasteiger partial charge >= 0.3 is 0 Å². The first-order valence-electron chi connectivity index (χ1n) is 8.77. The lowest BCUT2D eigenvalue weighted by molar-refractivity contribution is -0.121. The SMILES string of the molecule is Cc1nc2ccccc2n1CCCNC(=O)CCC(=O)c1cccnc1. The number of fused-ring (bicyclic) bond motifs is 1. The first kappa shape index (κ1) is 17.8. The van der Waals surface area contributed by atoms with E-state index in [2.05, 4.69) is 25.9 Å². The molecule has 1 N–H and O–H groups in total. The van der Waals surface area contributed by atoms with Gasteiger partial charge in [-0.1, -0.05) is 12.1 Å². The fourth-order valence-electron chi connectivity index (χ4n) is 2.93. The van der Waals surface area contributed by atoms with Crippen molar-refractivity contribution in [2.45, 2.75) is 32.7 Å². The summed E-state index contributed by atoms with van der Waals surface area (Å²) in [5.41, 5.74) is 2.64. The Morgan fingerprint density at radius 2 is 1.96 bits per heavy atom. The van der Waals surface area contributed by atoms with Crippen molar-refractivity contribution in [2.75, 3.05) is 6.54 Å². The van der Waals surface area contributed by atoms with Crippen LogP contribution in [0, 0.1) is 6.92 Å². The van der Waals surface area contributed by atoms with Crippen molar-refractivity contribution in [1.82, 2.24) is 19.9 Å². The van der Waals surface area contributed by atoms with Gasteiger partial charge in [0.1, 0.15) is 5.82 Å². The summed E-state index contributed by atoms with van der Waals surface area (Å²) in [6, 6.07) is 11.5. The number of benzene rings is 1. The molecule has 0 unspecified atom stereocenters. The molecule has 0 aliphatic carbocycles. The topological polar surface area (TPSA) is 76.9 Å². The van der Waals surface area contributed by atoms with E-state index in [-0.39, 0.29) is 24.5 Å². The van der Waals surface area contributed by atoms with Crippen LogP contribution in [0.15, 0.2) is 48.8 Å². The van der Waals surface area contributed by atoms with Crippen molar-refractivity contribution in [1.29, 1.82) is 0 Å². The van der Waals surface area contributed by atoms with Crippen LogP contribution in [0.3, 0.4) is 0 Å². The molecule has 3 rings (SSSR count). The maximum absolute atomic E-state index is 12.0. The molecule has 6 nitrogen and oxygen atoms in total. The van der Waals surface area contributed by atoms with Crippen LogP contribution in [0.1, 0.15) is 35.4 Å². The summed E-state index contributed by atoms with van der Waals surface area (Å²) in [4.78, 5) is 32.3. The van der Waals surface area contributed by atoms with Gasteiger partial charge in [-0.2, -0.15) is 0 Å². The molecule has 0 saturated heterocycles. The van der Waals surface area contributed by atoms with Gasteiger partial charge in [0.25, 0.3) is 0 Å². The number of nitrogens with one attached hydrogen (secondary N) is 1. The summed E-state index contributed by atoms with van der Waals surface area (Å²) in [7, 11) is 0. The molecular formula is C20H22N4O2. The fraction of sp³-hybridized carbons (Fsp3) is 0.300. The van der Waals surface area contributed by atoms with Gasteiger partial charge in [-0.05, 0) is 37.6 Å². The number of carbonyl (C=O) groups is 2. The molecule has 0 fully saturated rings. The summed E-state index contributed by atoms with van der Waals surface area (Å²) in [6.07, 6.45) is 4.35. The minimum atomic E-state index is -0.102. The van der Waals surface area contributed by atoms with E-state index in [1.807, 2.05) is 25.1 Å². The summed E-state index contributed by atoms with van der Waals surface area (Å²) < 4.78 is 2.16. The van der Waals surface area contributed by atoms with Crippen LogP contribution in [0.4, 0.5) is 0 Å². The number of para-hydroxylation sites is 2. The van der Waals surface area contributed by atoms with Crippen molar-refractivity contribution in [3.05, 3.63) is 60.2 Å². The van der Waals surface area contributed by atoms with Crippen molar-refractivity contribution in [3.8, 4) is 0 Å². The number of imidazole rings is 1. The Labute approximate surface area is 152 Å². The standard InChI is InChI=1S/C20H22N4O2/c1-15-23-17-7-2-3-8-18(17)24(15)13-5-12-22-20(26)10-9-19(25)16-6-4-11-21-14-16/h2-4,6-8,11,14H,5,9-10,12-13H2,1H3,(H,22,26). The van der Waals surface area contributed by atoms with Gasteiger partial charge in [-0.15, -0.1) is 0 Å². The zero-order chi connectivity index (χ0) is 18.4. The number of amides is 1. The molecule has 0 aliphatic rings. The monoisotopic (exact) mass is 350 g/mol. The van der Waals surface area contributed by atoms with Gasteiger partial charge in [0, 0.05) is 43.9 Å². The average Bonchev–Trinajstić information content (AvgIpc) is 2.99. The van der Waals surface area contributed by atoms with Gasteiger partial charge in [0.05, 0.1) is 11.0 Å². The smallest absolute Gasteiger partial charge is 0.220 e. The van der Waals surface area contributed by atoms with Crippen molar-refractivity contribution in [3.63, 3.8) is 0 Å². The number of hydrogen-bond donors (Lipinski definition) is 1. The molecular weight excluding hydrogens is 328 g/mol. The van der Waals surface area contributed by atoms with Gasteiger partial charge in [-0.25, -0.2) is 4.98 Å². The van der Waals surface area contributed by atoms with E-state index in [9.17, 15) is 9.59 Å². The highest BCUT2D eigenvalue weighted by Gasteiger charge is 2.10. The van der Waals surface area contributed by atoms with Gasteiger partial charge in [0.15, 0.2) is 5.78 Å². The zero-order valence-electron chi connectivity index (χ0n) is 14.8. The number of rotatable bonds is 8. The lowest BCUT2D eigenvalue weighted by Gasteiger charge is -2.08. The Hall–Kier alpha value is -3.02. The summed E-state index contributed by atoms with van der Waals surface area (Å²) in [6.45, 7) is 3.36. The van der Waals surface area contributed by atoms with Gasteiger partial charge in [0.2, 0.25) is 5.91 Å². The Bertz CT molecular complexity index is 903. The molecule has 2 aromatic heterocycles. The number of carbonyl (C=O) groups excluding carboxylic acids is 2. The van der Waals surface area contributed by atoms with Crippen molar-refractivity contribution in [2.24, 2.45) is 0 Å². The second kappa shape index (κ2) is 8.38. The van der Waals surface area contributed by atoms with Crippen LogP contribution in [0.25, 0.3) is 11.0 Å². The molecule has 0 bridgehead atoms. The van der Waals surface area contributed by atoms with Crippen molar-refractivity contribution < 1.29 is 9.59 Å². The Morgan fingerprint density at radius 1 is 1.12 bits per heavy atom. The highest BCUT2D eigenvalue weighted by Crippen LogP contribution is 2.15. The third-order valence-electron chi connectivity index (χ3n) is 4.29. The lowest BCUT2D eigenvalue weighted by atomic mass is 10.1. The fourth-order valence-corrected chi connectivity index (χ4v) is 2.93. The molecule has 134 valence electrons.